The van der Waals surface area contributed by atoms with E-state index in [9.17, 15) is 9.59 Å². The molecular weight excluding hydrogens is 258 g/mol. The molecule has 2 aliphatic rings. The van der Waals surface area contributed by atoms with Crippen LogP contribution in [0.4, 0.5) is 5.82 Å². The van der Waals surface area contributed by atoms with Crippen LogP contribution in [-0.4, -0.2) is 27.2 Å². The Labute approximate surface area is 116 Å². The van der Waals surface area contributed by atoms with Gasteiger partial charge in [-0.1, -0.05) is 6.42 Å². The molecule has 2 saturated carbocycles. The lowest BCUT2D eigenvalue weighted by Gasteiger charge is -2.16. The molecule has 3 rings (SSSR count). The molecule has 6 heteroatoms. The minimum atomic E-state index is -0.731. The first-order valence-corrected chi connectivity index (χ1v) is 7.20. The molecule has 0 amide bonds. The largest absolute Gasteiger partial charge is 0.481 e. The Bertz CT molecular complexity index is 565. The summed E-state index contributed by atoms with van der Waals surface area (Å²) in [7, 11) is 0. The molecule has 2 fully saturated rings. The number of hydrogen-bond donors (Lipinski definition) is 2. The van der Waals surface area contributed by atoms with Crippen molar-refractivity contribution in [1.29, 1.82) is 0 Å². The fraction of sp³-hybridized carbons (Fsp3) is 0.643. The van der Waals surface area contributed by atoms with Crippen LogP contribution in [0, 0.1) is 11.8 Å². The maximum absolute atomic E-state index is 12.2. The van der Waals surface area contributed by atoms with Crippen LogP contribution in [0.5, 0.6) is 0 Å². The van der Waals surface area contributed by atoms with Gasteiger partial charge < -0.3 is 15.0 Å². The van der Waals surface area contributed by atoms with E-state index in [1.807, 2.05) is 0 Å². The van der Waals surface area contributed by atoms with Gasteiger partial charge in [-0.15, -0.1) is 0 Å². The third-order valence-electron chi connectivity index (χ3n) is 4.32. The zero-order valence-corrected chi connectivity index (χ0v) is 11.3. The second kappa shape index (κ2) is 5.26. The van der Waals surface area contributed by atoms with Crippen LogP contribution in [-0.2, 0) is 4.79 Å². The van der Waals surface area contributed by atoms with Crippen molar-refractivity contribution in [1.82, 2.24) is 9.55 Å². The van der Waals surface area contributed by atoms with Crippen LogP contribution in [0.15, 0.2) is 17.2 Å². The molecular formula is C14H19N3O3. The van der Waals surface area contributed by atoms with Crippen molar-refractivity contribution < 1.29 is 9.90 Å². The van der Waals surface area contributed by atoms with Gasteiger partial charge in [0, 0.05) is 25.0 Å². The van der Waals surface area contributed by atoms with E-state index in [-0.39, 0.29) is 17.4 Å². The van der Waals surface area contributed by atoms with Crippen molar-refractivity contribution in [2.45, 2.75) is 38.1 Å². The van der Waals surface area contributed by atoms with Crippen molar-refractivity contribution >= 4 is 11.8 Å². The summed E-state index contributed by atoms with van der Waals surface area (Å²) in [5.74, 6) is -0.596. The lowest BCUT2D eigenvalue weighted by atomic mass is 9.96. The van der Waals surface area contributed by atoms with E-state index < -0.39 is 5.97 Å². The van der Waals surface area contributed by atoms with Crippen molar-refractivity contribution in [2.75, 3.05) is 11.9 Å². The summed E-state index contributed by atoms with van der Waals surface area (Å²) in [6.45, 7) is 0.508. The average molecular weight is 277 g/mol. The highest BCUT2D eigenvalue weighted by Crippen LogP contribution is 2.33. The molecule has 6 nitrogen and oxygen atoms in total. The lowest BCUT2D eigenvalue weighted by Crippen LogP contribution is -2.29. The van der Waals surface area contributed by atoms with Crippen LogP contribution >= 0.6 is 0 Å². The van der Waals surface area contributed by atoms with Crippen LogP contribution in [0.3, 0.4) is 0 Å². The number of nitrogens with one attached hydrogen (secondary N) is 1. The highest BCUT2D eigenvalue weighted by molar-refractivity contribution is 5.70. The monoisotopic (exact) mass is 277 g/mol. The third kappa shape index (κ3) is 2.55. The van der Waals surface area contributed by atoms with E-state index in [1.54, 1.807) is 17.0 Å². The number of hydrogen-bond acceptors (Lipinski definition) is 4. The van der Waals surface area contributed by atoms with Gasteiger partial charge in [-0.2, -0.15) is 0 Å². The van der Waals surface area contributed by atoms with E-state index in [4.69, 9.17) is 5.11 Å². The number of aliphatic carboxylic acids is 1. The smallest absolute Gasteiger partial charge is 0.306 e. The van der Waals surface area contributed by atoms with Crippen LogP contribution < -0.4 is 10.9 Å². The van der Waals surface area contributed by atoms with E-state index in [1.165, 1.54) is 0 Å². The minimum absolute atomic E-state index is 0.0864. The topological polar surface area (TPSA) is 84.2 Å². The summed E-state index contributed by atoms with van der Waals surface area (Å²) in [5.41, 5.74) is -0.0973. The number of rotatable bonds is 5. The zero-order valence-electron chi connectivity index (χ0n) is 11.3. The van der Waals surface area contributed by atoms with Crippen molar-refractivity contribution in [3.63, 3.8) is 0 Å². The van der Waals surface area contributed by atoms with Gasteiger partial charge in [-0.05, 0) is 31.6 Å². The normalized spacial score (nSPS) is 25.6. The molecule has 0 bridgehead atoms. The molecule has 2 unspecified atom stereocenters. The summed E-state index contributed by atoms with van der Waals surface area (Å²) >= 11 is 0. The molecule has 1 heterocycles. The molecule has 1 aromatic heterocycles. The predicted molar refractivity (Wildman–Crippen MR) is 73.7 cm³/mol. The number of nitrogens with zero attached hydrogens (tertiary/aromatic N) is 2. The second-order valence-corrected chi connectivity index (χ2v) is 5.74. The Morgan fingerprint density at radius 1 is 1.40 bits per heavy atom. The Kier molecular flexibility index (Phi) is 3.46. The van der Waals surface area contributed by atoms with E-state index >= 15 is 0 Å². The number of carboxylic acids is 1. The van der Waals surface area contributed by atoms with E-state index in [0.29, 0.717) is 18.4 Å². The molecule has 0 aromatic carbocycles. The summed E-state index contributed by atoms with van der Waals surface area (Å²) < 4.78 is 1.72. The maximum atomic E-state index is 12.2. The Balaban J connectivity index is 1.68. The van der Waals surface area contributed by atoms with Gasteiger partial charge in [0.2, 0.25) is 0 Å². The third-order valence-corrected chi connectivity index (χ3v) is 4.32. The fourth-order valence-corrected chi connectivity index (χ4v) is 3.02. The standard InChI is InChI=1S/C14H19N3O3/c18-13-12(15-6-7-17(13)10-4-5-10)16-8-9-2-1-3-11(9)14(19)20/h6-7,9-11H,1-5,8H2,(H,15,16)(H,19,20). The number of carboxylic acid groups (broad SMARTS) is 1. The second-order valence-electron chi connectivity index (χ2n) is 5.74. The first-order chi connectivity index (χ1) is 9.66. The summed E-state index contributed by atoms with van der Waals surface area (Å²) in [4.78, 5) is 27.4. The number of carbonyl (C=O) groups is 1. The molecule has 108 valence electrons. The van der Waals surface area contributed by atoms with Crippen molar-refractivity contribution in [3.8, 4) is 0 Å². The number of aromatic nitrogens is 2. The molecule has 2 atom stereocenters. The molecule has 20 heavy (non-hydrogen) atoms. The molecule has 2 N–H and O–H groups in total. The fourth-order valence-electron chi connectivity index (χ4n) is 3.02. The summed E-state index contributed by atoms with van der Waals surface area (Å²) in [6, 6.07) is 0.323. The van der Waals surface area contributed by atoms with Crippen LogP contribution in [0.2, 0.25) is 0 Å². The van der Waals surface area contributed by atoms with Crippen molar-refractivity contribution in [2.24, 2.45) is 11.8 Å². The van der Waals surface area contributed by atoms with Gasteiger partial charge >= 0.3 is 5.97 Å². The summed E-state index contributed by atoms with van der Waals surface area (Å²) in [6.07, 6.45) is 8.02. The van der Waals surface area contributed by atoms with Gasteiger partial charge in [0.1, 0.15) is 0 Å². The van der Waals surface area contributed by atoms with E-state index in [2.05, 4.69) is 10.3 Å². The van der Waals surface area contributed by atoms with Gasteiger partial charge in [-0.25, -0.2) is 4.98 Å². The zero-order chi connectivity index (χ0) is 14.1. The quantitative estimate of drug-likeness (QED) is 0.852. The Morgan fingerprint density at radius 2 is 2.20 bits per heavy atom. The van der Waals surface area contributed by atoms with Gasteiger partial charge in [0.05, 0.1) is 5.92 Å². The van der Waals surface area contributed by atoms with Crippen molar-refractivity contribution in [3.05, 3.63) is 22.7 Å². The number of anilines is 1. The molecule has 0 saturated heterocycles. The van der Waals surface area contributed by atoms with Crippen LogP contribution in [0.1, 0.15) is 38.1 Å². The van der Waals surface area contributed by atoms with Gasteiger partial charge in [-0.3, -0.25) is 9.59 Å². The van der Waals surface area contributed by atoms with E-state index in [0.717, 1.165) is 32.1 Å². The minimum Gasteiger partial charge on any atom is -0.481 e. The predicted octanol–water partition coefficient (Wildman–Crippen LogP) is 1.49. The molecule has 0 spiro atoms. The molecule has 0 radical (unpaired) electrons. The first kappa shape index (κ1) is 13.1. The molecule has 2 aliphatic carbocycles. The van der Waals surface area contributed by atoms with Gasteiger partial charge in [0.25, 0.3) is 5.56 Å². The first-order valence-electron chi connectivity index (χ1n) is 7.20. The Hall–Kier alpha value is -1.85. The van der Waals surface area contributed by atoms with Crippen LogP contribution in [0.25, 0.3) is 0 Å². The highest BCUT2D eigenvalue weighted by atomic mass is 16.4. The summed E-state index contributed by atoms with van der Waals surface area (Å²) in [5, 5.41) is 12.2. The Morgan fingerprint density at radius 3 is 2.90 bits per heavy atom. The highest BCUT2D eigenvalue weighted by Gasteiger charge is 2.33. The van der Waals surface area contributed by atoms with Gasteiger partial charge in [0.15, 0.2) is 5.82 Å². The SMILES string of the molecule is O=C(O)C1CCCC1CNc1nccn(C2CC2)c1=O. The molecule has 1 aromatic rings. The molecule has 0 aliphatic heterocycles. The maximum Gasteiger partial charge on any atom is 0.306 e. The lowest BCUT2D eigenvalue weighted by molar-refractivity contribution is -0.142. The average Bonchev–Trinajstić information content (AvgIpc) is 3.15.